The van der Waals surface area contributed by atoms with Crippen molar-refractivity contribution in [2.75, 3.05) is 0 Å². The summed E-state index contributed by atoms with van der Waals surface area (Å²) in [4.78, 5) is 10.7. The first-order valence-corrected chi connectivity index (χ1v) is 7.93. The zero-order chi connectivity index (χ0) is 14.7. The van der Waals surface area contributed by atoms with Gasteiger partial charge in [-0.2, -0.15) is 4.40 Å². The molecule has 0 N–H and O–H groups in total. The van der Waals surface area contributed by atoms with Crippen molar-refractivity contribution in [1.29, 1.82) is 0 Å². The maximum absolute atomic E-state index is 11.1. The highest BCUT2D eigenvalue weighted by atomic mass is 35.5. The smallest absolute Gasteiger partial charge is 0.358 e. The Bertz CT molecular complexity index is 658. The van der Waals surface area contributed by atoms with Crippen LogP contribution in [0.4, 0.5) is 5.69 Å². The molecule has 0 saturated carbocycles. The highest BCUT2D eigenvalue weighted by molar-refractivity contribution is 8.78. The average molecular weight is 329 g/mol. The molecule has 1 aromatic carbocycles. The van der Waals surface area contributed by atoms with Gasteiger partial charge in [0, 0.05) is 0 Å². The Hall–Kier alpha value is -1.38. The van der Waals surface area contributed by atoms with Gasteiger partial charge >= 0.3 is 5.82 Å². The van der Waals surface area contributed by atoms with Crippen LogP contribution in [0.5, 0.6) is 0 Å². The zero-order valence-corrected chi connectivity index (χ0v) is 12.9. The summed E-state index contributed by atoms with van der Waals surface area (Å²) in [5.41, 5.74) is 2.56. The minimum absolute atomic E-state index is 0.0756. The van der Waals surface area contributed by atoms with Gasteiger partial charge in [-0.3, -0.25) is 0 Å². The van der Waals surface area contributed by atoms with Gasteiger partial charge in [0.05, 0.1) is 16.1 Å². The van der Waals surface area contributed by atoms with Crippen molar-refractivity contribution in [3.8, 4) is 0 Å². The number of benzene rings is 1. The fraction of sp³-hybridized carbons (Fsp3) is 0.182. The number of allylic oxidation sites excluding steroid dienone is 1. The number of hydrogen-bond acceptors (Lipinski definition) is 7. The van der Waals surface area contributed by atoms with E-state index in [1.165, 1.54) is 0 Å². The van der Waals surface area contributed by atoms with E-state index in [0.29, 0.717) is 5.69 Å². The Kier molecular flexibility index (Phi) is 4.79. The molecule has 9 heteroatoms. The quantitative estimate of drug-likeness (QED) is 0.263. The van der Waals surface area contributed by atoms with Crippen molar-refractivity contribution < 1.29 is 4.92 Å². The van der Waals surface area contributed by atoms with Crippen LogP contribution in [0.25, 0.3) is 0 Å². The van der Waals surface area contributed by atoms with E-state index < -0.39 is 10.7 Å². The molecule has 0 saturated heterocycles. The molecule has 0 aromatic heterocycles. The lowest BCUT2D eigenvalue weighted by Gasteiger charge is -2.00. The molecule has 1 aliphatic rings. The maximum Gasteiger partial charge on any atom is 0.408 e. The van der Waals surface area contributed by atoms with Crippen LogP contribution >= 0.6 is 33.4 Å². The van der Waals surface area contributed by atoms with E-state index in [9.17, 15) is 10.1 Å². The summed E-state index contributed by atoms with van der Waals surface area (Å²) in [5.74, 6) is -0.394. The molecule has 0 unspecified atom stereocenters. The second-order valence-electron chi connectivity index (χ2n) is 3.87. The standard InChI is InChI=1S/C11H9ClN4O2S2/c1-6-4-3-5-8(7(6)2)13-14-11(16(17)18)9-10(12)15-20-19-9/h3-5H,1-2H3/b11-9-,14-13?. The molecule has 1 aliphatic heterocycles. The Morgan fingerprint density at radius 1 is 1.45 bits per heavy atom. The SMILES string of the molecule is Cc1cccc(N=N/C(=C2/SSN=C2Cl)[N+](=O)[O-])c1C. The third-order valence-corrected chi connectivity index (χ3v) is 4.94. The highest BCUT2D eigenvalue weighted by Crippen LogP contribution is 2.42. The monoisotopic (exact) mass is 328 g/mol. The second kappa shape index (κ2) is 6.38. The van der Waals surface area contributed by atoms with Crippen LogP contribution in [0.2, 0.25) is 0 Å². The molecule has 0 aliphatic carbocycles. The van der Waals surface area contributed by atoms with E-state index in [0.717, 1.165) is 32.9 Å². The predicted octanol–water partition coefficient (Wildman–Crippen LogP) is 4.78. The Labute approximate surface area is 128 Å². The molecule has 0 radical (unpaired) electrons. The lowest BCUT2D eigenvalue weighted by molar-refractivity contribution is -0.426. The maximum atomic E-state index is 11.1. The molecule has 1 heterocycles. The third-order valence-electron chi connectivity index (χ3n) is 2.63. The minimum atomic E-state index is -0.610. The summed E-state index contributed by atoms with van der Waals surface area (Å²) in [5, 5.41) is 18.8. The van der Waals surface area contributed by atoms with E-state index in [4.69, 9.17) is 11.6 Å². The third kappa shape index (κ3) is 3.20. The first kappa shape index (κ1) is 15.0. The lowest BCUT2D eigenvalue weighted by Crippen LogP contribution is -2.01. The first-order valence-electron chi connectivity index (χ1n) is 5.45. The molecule has 1 aromatic rings. The van der Waals surface area contributed by atoms with Gasteiger partial charge in [-0.15, -0.1) is 0 Å². The molecule has 0 atom stereocenters. The molecule has 2 rings (SSSR count). The van der Waals surface area contributed by atoms with Crippen molar-refractivity contribution in [1.82, 2.24) is 0 Å². The minimum Gasteiger partial charge on any atom is -0.358 e. The molecular weight excluding hydrogens is 320 g/mol. The van der Waals surface area contributed by atoms with E-state index in [-0.39, 0.29) is 10.1 Å². The molecule has 0 bridgehead atoms. The summed E-state index contributed by atoms with van der Waals surface area (Å²) in [6.45, 7) is 3.82. The Morgan fingerprint density at radius 3 is 2.80 bits per heavy atom. The van der Waals surface area contributed by atoms with Crippen molar-refractivity contribution in [3.05, 3.63) is 50.2 Å². The summed E-state index contributed by atoms with van der Waals surface area (Å²) in [6, 6.07) is 5.51. The fourth-order valence-electron chi connectivity index (χ4n) is 1.40. The lowest BCUT2D eigenvalue weighted by atomic mass is 10.1. The first-order chi connectivity index (χ1) is 9.50. The van der Waals surface area contributed by atoms with Gasteiger partial charge in [0.15, 0.2) is 10.1 Å². The largest absolute Gasteiger partial charge is 0.408 e. The molecule has 0 fully saturated rings. The van der Waals surface area contributed by atoms with Crippen molar-refractivity contribution in [3.63, 3.8) is 0 Å². The summed E-state index contributed by atoms with van der Waals surface area (Å²) in [6.07, 6.45) is 0. The summed E-state index contributed by atoms with van der Waals surface area (Å²) < 4.78 is 3.81. The van der Waals surface area contributed by atoms with Crippen LogP contribution in [0.3, 0.4) is 0 Å². The van der Waals surface area contributed by atoms with Crippen LogP contribution in [0.1, 0.15) is 11.1 Å². The number of nitro groups is 1. The second-order valence-corrected chi connectivity index (χ2v) is 6.08. The van der Waals surface area contributed by atoms with Crippen LogP contribution in [-0.4, -0.2) is 10.1 Å². The van der Waals surface area contributed by atoms with Gasteiger partial charge in [-0.25, -0.2) is 0 Å². The summed E-state index contributed by atoms with van der Waals surface area (Å²) in [7, 11) is 2.17. The van der Waals surface area contributed by atoms with E-state index in [1.54, 1.807) is 6.07 Å². The van der Waals surface area contributed by atoms with Gasteiger partial charge in [-0.05, 0) is 51.9 Å². The van der Waals surface area contributed by atoms with Crippen LogP contribution in [-0.2, 0) is 0 Å². The van der Waals surface area contributed by atoms with Crippen LogP contribution in [0, 0.1) is 24.0 Å². The van der Waals surface area contributed by atoms with Gasteiger partial charge in [0.1, 0.15) is 5.69 Å². The average Bonchev–Trinajstić information content (AvgIpc) is 2.81. The molecule has 0 spiro atoms. The number of nitrogens with zero attached hydrogens (tertiary/aromatic N) is 4. The zero-order valence-electron chi connectivity index (χ0n) is 10.5. The molecular formula is C11H9ClN4O2S2. The number of hydrogen-bond donors (Lipinski definition) is 0. The molecule has 6 nitrogen and oxygen atoms in total. The Balaban J connectivity index is 2.39. The van der Waals surface area contributed by atoms with Crippen molar-refractivity contribution in [2.24, 2.45) is 14.6 Å². The summed E-state index contributed by atoms with van der Waals surface area (Å²) >= 11 is 5.80. The Morgan fingerprint density at radius 2 is 2.20 bits per heavy atom. The predicted molar refractivity (Wildman–Crippen MR) is 82.9 cm³/mol. The van der Waals surface area contributed by atoms with Crippen molar-refractivity contribution >= 4 is 44.2 Å². The van der Waals surface area contributed by atoms with Gasteiger partial charge in [-0.1, -0.05) is 23.7 Å². The van der Waals surface area contributed by atoms with E-state index >= 15 is 0 Å². The fourth-order valence-corrected chi connectivity index (χ4v) is 3.62. The van der Waals surface area contributed by atoms with Gasteiger partial charge in [0.2, 0.25) is 0 Å². The molecule has 104 valence electrons. The highest BCUT2D eigenvalue weighted by Gasteiger charge is 2.27. The van der Waals surface area contributed by atoms with E-state index in [1.807, 2.05) is 26.0 Å². The number of azo groups is 1. The topological polar surface area (TPSA) is 80.2 Å². The van der Waals surface area contributed by atoms with Gasteiger partial charge < -0.3 is 10.1 Å². The van der Waals surface area contributed by atoms with Crippen molar-refractivity contribution in [2.45, 2.75) is 13.8 Å². The van der Waals surface area contributed by atoms with E-state index in [2.05, 4.69) is 14.6 Å². The van der Waals surface area contributed by atoms with Gasteiger partial charge in [0.25, 0.3) is 0 Å². The number of aryl methyl sites for hydroxylation is 1. The van der Waals surface area contributed by atoms with Crippen LogP contribution < -0.4 is 0 Å². The number of halogens is 1. The molecule has 20 heavy (non-hydrogen) atoms. The van der Waals surface area contributed by atoms with Crippen LogP contribution in [0.15, 0.2) is 43.6 Å². The number of rotatable bonds is 3. The molecule has 0 amide bonds. The normalized spacial score (nSPS) is 17.4.